The van der Waals surface area contributed by atoms with Crippen molar-refractivity contribution in [2.45, 2.75) is 19.8 Å². The molecule has 1 aliphatic rings. The van der Waals surface area contributed by atoms with Gasteiger partial charge in [-0.15, -0.1) is 0 Å². The molecule has 0 bridgehead atoms. The van der Waals surface area contributed by atoms with Gasteiger partial charge in [0.05, 0.1) is 5.69 Å². The first-order valence-electron chi connectivity index (χ1n) is 5.78. The second-order valence-corrected chi connectivity index (χ2v) is 5.27. The van der Waals surface area contributed by atoms with Gasteiger partial charge in [0.25, 0.3) is 0 Å². The standard InChI is InChI=1S/C13H17N3/c1-13(2)9(7-14)12(13)10-8-16-6-4-3-5-11(16)15-10/h3-6,8-9,12H,7,14H2,1-2H3. The second-order valence-electron chi connectivity index (χ2n) is 5.27. The van der Waals surface area contributed by atoms with Crippen LogP contribution in [0.15, 0.2) is 30.6 Å². The molecular weight excluding hydrogens is 198 g/mol. The lowest BCUT2D eigenvalue weighted by Gasteiger charge is -1.98. The maximum Gasteiger partial charge on any atom is 0.136 e. The maximum atomic E-state index is 5.80. The third-order valence-corrected chi connectivity index (χ3v) is 4.01. The number of nitrogens with zero attached hydrogens (tertiary/aromatic N) is 2. The van der Waals surface area contributed by atoms with Crippen LogP contribution in [0.2, 0.25) is 0 Å². The Morgan fingerprint density at radius 1 is 1.44 bits per heavy atom. The molecule has 0 radical (unpaired) electrons. The zero-order valence-electron chi connectivity index (χ0n) is 9.72. The van der Waals surface area contributed by atoms with Crippen molar-refractivity contribution in [3.63, 3.8) is 0 Å². The smallest absolute Gasteiger partial charge is 0.136 e. The average molecular weight is 215 g/mol. The number of imidazole rings is 1. The van der Waals surface area contributed by atoms with Gasteiger partial charge in [-0.25, -0.2) is 4.98 Å². The van der Waals surface area contributed by atoms with E-state index < -0.39 is 0 Å². The van der Waals surface area contributed by atoms with Gasteiger partial charge in [-0.05, 0) is 30.0 Å². The van der Waals surface area contributed by atoms with Gasteiger partial charge >= 0.3 is 0 Å². The summed E-state index contributed by atoms with van der Waals surface area (Å²) in [5.74, 6) is 1.11. The highest BCUT2D eigenvalue weighted by atomic mass is 15.0. The molecule has 1 aliphatic carbocycles. The Morgan fingerprint density at radius 3 is 2.88 bits per heavy atom. The van der Waals surface area contributed by atoms with E-state index in [9.17, 15) is 0 Å². The molecule has 3 nitrogen and oxygen atoms in total. The largest absolute Gasteiger partial charge is 0.330 e. The van der Waals surface area contributed by atoms with Gasteiger partial charge in [-0.1, -0.05) is 19.9 Å². The molecule has 2 atom stereocenters. The van der Waals surface area contributed by atoms with E-state index >= 15 is 0 Å². The molecule has 84 valence electrons. The van der Waals surface area contributed by atoms with Crippen molar-refractivity contribution >= 4 is 5.65 Å². The SMILES string of the molecule is CC1(C)C(CN)C1c1cn2ccccc2n1. The summed E-state index contributed by atoms with van der Waals surface area (Å²) < 4.78 is 2.08. The Hall–Kier alpha value is -1.35. The predicted molar refractivity (Wildman–Crippen MR) is 64.3 cm³/mol. The van der Waals surface area contributed by atoms with E-state index in [0.717, 1.165) is 12.2 Å². The summed E-state index contributed by atoms with van der Waals surface area (Å²) in [6.45, 7) is 5.31. The highest BCUT2D eigenvalue weighted by molar-refractivity contribution is 5.42. The van der Waals surface area contributed by atoms with Crippen molar-refractivity contribution in [3.8, 4) is 0 Å². The lowest BCUT2D eigenvalue weighted by molar-refractivity contribution is 0.557. The molecule has 3 heteroatoms. The number of hydrogen-bond donors (Lipinski definition) is 1. The number of pyridine rings is 1. The molecule has 2 unspecified atom stereocenters. The molecule has 0 aliphatic heterocycles. The Kier molecular flexibility index (Phi) is 1.89. The molecule has 2 aromatic rings. The fraction of sp³-hybridized carbons (Fsp3) is 0.462. The second kappa shape index (κ2) is 3.08. The fourth-order valence-electron chi connectivity index (χ4n) is 2.88. The molecule has 0 amide bonds. The van der Waals surface area contributed by atoms with Crippen LogP contribution in [0.3, 0.4) is 0 Å². The molecule has 3 rings (SSSR count). The summed E-state index contributed by atoms with van der Waals surface area (Å²) in [6, 6.07) is 6.08. The van der Waals surface area contributed by atoms with Crippen molar-refractivity contribution in [3.05, 3.63) is 36.3 Å². The van der Waals surface area contributed by atoms with Gasteiger partial charge in [0.15, 0.2) is 0 Å². The summed E-state index contributed by atoms with van der Waals surface area (Å²) >= 11 is 0. The van der Waals surface area contributed by atoms with Crippen molar-refractivity contribution < 1.29 is 0 Å². The van der Waals surface area contributed by atoms with Crippen LogP contribution >= 0.6 is 0 Å². The summed E-state index contributed by atoms with van der Waals surface area (Å²) in [5, 5.41) is 0. The van der Waals surface area contributed by atoms with E-state index in [1.54, 1.807) is 0 Å². The quantitative estimate of drug-likeness (QED) is 0.833. The molecule has 2 heterocycles. The first-order valence-corrected chi connectivity index (χ1v) is 5.78. The van der Waals surface area contributed by atoms with E-state index in [2.05, 4.69) is 29.4 Å². The van der Waals surface area contributed by atoms with Crippen molar-refractivity contribution in [1.29, 1.82) is 0 Å². The van der Waals surface area contributed by atoms with Gasteiger partial charge in [0, 0.05) is 18.3 Å². The highest BCUT2D eigenvalue weighted by Crippen LogP contribution is 2.63. The lowest BCUT2D eigenvalue weighted by Crippen LogP contribution is -2.05. The number of rotatable bonds is 2. The van der Waals surface area contributed by atoms with Crippen LogP contribution in [-0.4, -0.2) is 15.9 Å². The van der Waals surface area contributed by atoms with E-state index in [0.29, 0.717) is 17.3 Å². The molecule has 2 aromatic heterocycles. The minimum Gasteiger partial charge on any atom is -0.330 e. The minimum absolute atomic E-state index is 0.312. The first kappa shape index (κ1) is 9.85. The number of fused-ring (bicyclic) bond motifs is 1. The van der Waals surface area contributed by atoms with Crippen molar-refractivity contribution in [2.24, 2.45) is 17.1 Å². The van der Waals surface area contributed by atoms with Crippen molar-refractivity contribution in [1.82, 2.24) is 9.38 Å². The van der Waals surface area contributed by atoms with Crippen LogP contribution in [0.1, 0.15) is 25.5 Å². The summed E-state index contributed by atoms with van der Waals surface area (Å²) in [5.41, 5.74) is 8.32. The molecule has 16 heavy (non-hydrogen) atoms. The highest BCUT2D eigenvalue weighted by Gasteiger charge is 2.58. The molecule has 1 fully saturated rings. The fourth-order valence-corrected chi connectivity index (χ4v) is 2.88. The Labute approximate surface area is 95.3 Å². The molecule has 0 spiro atoms. The first-order chi connectivity index (χ1) is 7.64. The maximum absolute atomic E-state index is 5.80. The van der Waals surface area contributed by atoms with Gasteiger partial charge in [0.1, 0.15) is 5.65 Å². The van der Waals surface area contributed by atoms with Crippen LogP contribution in [0, 0.1) is 11.3 Å². The lowest BCUT2D eigenvalue weighted by atomic mass is 10.1. The van der Waals surface area contributed by atoms with Crippen LogP contribution in [-0.2, 0) is 0 Å². The third kappa shape index (κ3) is 1.21. The molecule has 2 N–H and O–H groups in total. The number of nitrogens with two attached hydrogens (primary N) is 1. The Balaban J connectivity index is 2.02. The predicted octanol–water partition coefficient (Wildman–Crippen LogP) is 2.03. The van der Waals surface area contributed by atoms with E-state index in [1.165, 1.54) is 5.69 Å². The Bertz CT molecular complexity index is 494. The summed E-state index contributed by atoms with van der Waals surface area (Å²) in [7, 11) is 0. The van der Waals surface area contributed by atoms with Gasteiger partial charge in [-0.3, -0.25) is 0 Å². The van der Waals surface area contributed by atoms with Crippen LogP contribution in [0.5, 0.6) is 0 Å². The van der Waals surface area contributed by atoms with Crippen LogP contribution in [0.25, 0.3) is 5.65 Å². The number of hydrogen-bond acceptors (Lipinski definition) is 2. The number of aromatic nitrogens is 2. The molecule has 0 saturated heterocycles. The summed E-state index contributed by atoms with van der Waals surface area (Å²) in [4.78, 5) is 4.68. The minimum atomic E-state index is 0.312. The van der Waals surface area contributed by atoms with Gasteiger partial charge < -0.3 is 10.1 Å². The molecule has 1 saturated carbocycles. The van der Waals surface area contributed by atoms with E-state index in [-0.39, 0.29) is 0 Å². The summed E-state index contributed by atoms with van der Waals surface area (Å²) in [6.07, 6.45) is 4.18. The normalized spacial score (nSPS) is 27.2. The molecular formula is C13H17N3. The third-order valence-electron chi connectivity index (χ3n) is 4.01. The Morgan fingerprint density at radius 2 is 2.25 bits per heavy atom. The zero-order chi connectivity index (χ0) is 11.3. The van der Waals surface area contributed by atoms with Crippen LogP contribution < -0.4 is 5.73 Å². The van der Waals surface area contributed by atoms with Gasteiger partial charge in [0.2, 0.25) is 0 Å². The molecule has 0 aromatic carbocycles. The topological polar surface area (TPSA) is 43.3 Å². The van der Waals surface area contributed by atoms with E-state index in [4.69, 9.17) is 5.73 Å². The monoisotopic (exact) mass is 215 g/mol. The van der Waals surface area contributed by atoms with Crippen molar-refractivity contribution in [2.75, 3.05) is 6.54 Å². The van der Waals surface area contributed by atoms with E-state index in [1.807, 2.05) is 24.4 Å². The average Bonchev–Trinajstić information content (AvgIpc) is 2.65. The van der Waals surface area contributed by atoms with Crippen LogP contribution in [0.4, 0.5) is 0 Å². The van der Waals surface area contributed by atoms with Gasteiger partial charge in [-0.2, -0.15) is 0 Å². The zero-order valence-corrected chi connectivity index (χ0v) is 9.72.